The maximum Gasteiger partial charge on any atom is 0.433 e. The zero-order valence-electron chi connectivity index (χ0n) is 12.2. The largest absolute Gasteiger partial charge is 0.433 e. The lowest BCUT2D eigenvalue weighted by Gasteiger charge is -2.28. The first-order chi connectivity index (χ1) is 8.92. The molecule has 2 N–H and O–H groups in total. The fraction of sp³-hybridized carbons (Fsp3) is 0.500. The van der Waals surface area contributed by atoms with Crippen LogP contribution in [0.25, 0.3) is 0 Å². The van der Waals surface area contributed by atoms with Crippen molar-refractivity contribution in [1.29, 1.82) is 0 Å². The van der Waals surface area contributed by atoms with Gasteiger partial charge in [-0.2, -0.15) is 13.2 Å². The maximum absolute atomic E-state index is 12.5. The van der Waals surface area contributed by atoms with Crippen LogP contribution in [0.2, 0.25) is 0 Å². The second-order valence-electron chi connectivity index (χ2n) is 5.99. The van der Waals surface area contributed by atoms with Gasteiger partial charge in [0.1, 0.15) is 5.69 Å². The Hall–Kier alpha value is -1.72. The number of hydrogen-bond acceptors (Lipinski definition) is 3. The molecule has 0 fully saturated rings. The number of aromatic nitrogens is 1. The van der Waals surface area contributed by atoms with E-state index in [-0.39, 0.29) is 11.1 Å². The minimum Gasteiger partial charge on any atom is -0.397 e. The molecule has 0 aliphatic heterocycles. The van der Waals surface area contributed by atoms with Crippen molar-refractivity contribution in [1.82, 2.24) is 4.98 Å². The molecule has 0 unspecified atom stereocenters. The van der Waals surface area contributed by atoms with Crippen molar-refractivity contribution in [3.8, 4) is 0 Å². The van der Waals surface area contributed by atoms with Crippen LogP contribution in [0, 0.1) is 5.41 Å². The van der Waals surface area contributed by atoms with Gasteiger partial charge in [0.25, 0.3) is 0 Å². The molecule has 112 valence electrons. The molecule has 1 heterocycles. The summed E-state index contributed by atoms with van der Waals surface area (Å²) in [5.74, 6) is 0. The van der Waals surface area contributed by atoms with Gasteiger partial charge in [0.05, 0.1) is 17.6 Å². The second kappa shape index (κ2) is 5.34. The summed E-state index contributed by atoms with van der Waals surface area (Å²) in [5, 5.41) is 0. The molecule has 0 radical (unpaired) electrons. The summed E-state index contributed by atoms with van der Waals surface area (Å²) in [5.41, 5.74) is 5.96. The predicted molar refractivity (Wildman–Crippen MR) is 75.3 cm³/mol. The average molecular weight is 287 g/mol. The molecule has 20 heavy (non-hydrogen) atoms. The van der Waals surface area contributed by atoms with Crippen molar-refractivity contribution >= 4 is 11.4 Å². The molecule has 1 aromatic heterocycles. The second-order valence-corrected chi connectivity index (χ2v) is 5.99. The molecule has 1 aromatic rings. The fourth-order valence-electron chi connectivity index (χ4n) is 1.80. The SMILES string of the molecule is C=C(CC(C)(C)C)N(C)c1cnc(C(F)(F)F)cc1N. The molecule has 0 aliphatic rings. The highest BCUT2D eigenvalue weighted by Gasteiger charge is 2.33. The number of nitrogens with zero attached hydrogens (tertiary/aromatic N) is 2. The van der Waals surface area contributed by atoms with Crippen molar-refractivity contribution in [3.63, 3.8) is 0 Å². The van der Waals surface area contributed by atoms with E-state index < -0.39 is 11.9 Å². The van der Waals surface area contributed by atoms with E-state index in [1.165, 1.54) is 0 Å². The third-order valence-electron chi connectivity index (χ3n) is 2.77. The van der Waals surface area contributed by atoms with Crippen molar-refractivity contribution in [2.24, 2.45) is 5.41 Å². The van der Waals surface area contributed by atoms with Crippen LogP contribution in [-0.2, 0) is 6.18 Å². The van der Waals surface area contributed by atoms with E-state index in [0.717, 1.165) is 18.0 Å². The summed E-state index contributed by atoms with van der Waals surface area (Å²) in [7, 11) is 1.72. The zero-order chi connectivity index (χ0) is 15.7. The average Bonchev–Trinajstić information content (AvgIpc) is 2.24. The number of nitrogen functional groups attached to an aromatic ring is 1. The molecule has 3 nitrogen and oxygen atoms in total. The van der Waals surface area contributed by atoms with Gasteiger partial charge < -0.3 is 10.6 Å². The van der Waals surface area contributed by atoms with Crippen LogP contribution in [0.3, 0.4) is 0 Å². The van der Waals surface area contributed by atoms with Gasteiger partial charge in [-0.25, -0.2) is 4.98 Å². The smallest absolute Gasteiger partial charge is 0.397 e. The van der Waals surface area contributed by atoms with E-state index in [2.05, 4.69) is 32.3 Å². The van der Waals surface area contributed by atoms with Crippen LogP contribution in [0.1, 0.15) is 32.9 Å². The van der Waals surface area contributed by atoms with Gasteiger partial charge in [-0.1, -0.05) is 27.4 Å². The number of nitrogens with two attached hydrogens (primary N) is 1. The van der Waals surface area contributed by atoms with Crippen molar-refractivity contribution in [3.05, 3.63) is 30.2 Å². The Balaban J connectivity index is 3.01. The van der Waals surface area contributed by atoms with Crippen LogP contribution in [-0.4, -0.2) is 12.0 Å². The molecule has 0 bridgehead atoms. The predicted octanol–water partition coefficient (Wildman–Crippen LogP) is 4.07. The Labute approximate surface area is 117 Å². The molecule has 1 rings (SSSR count). The van der Waals surface area contributed by atoms with E-state index >= 15 is 0 Å². The molecule has 0 amide bonds. The third-order valence-corrected chi connectivity index (χ3v) is 2.77. The molecular weight excluding hydrogens is 267 g/mol. The third kappa shape index (κ3) is 4.15. The van der Waals surface area contributed by atoms with E-state index in [0.29, 0.717) is 12.1 Å². The first kappa shape index (κ1) is 16.3. The Kier molecular flexibility index (Phi) is 4.36. The van der Waals surface area contributed by atoms with Gasteiger partial charge >= 0.3 is 6.18 Å². The van der Waals surface area contributed by atoms with Crippen LogP contribution in [0.15, 0.2) is 24.5 Å². The Bertz CT molecular complexity index is 501. The molecule has 0 spiro atoms. The molecule has 0 saturated carbocycles. The molecular formula is C14H20F3N3. The highest BCUT2D eigenvalue weighted by atomic mass is 19.4. The van der Waals surface area contributed by atoms with Gasteiger partial charge in [0.15, 0.2) is 0 Å². The molecule has 6 heteroatoms. The van der Waals surface area contributed by atoms with Gasteiger partial charge in [0, 0.05) is 12.7 Å². The Morgan fingerprint density at radius 2 is 1.90 bits per heavy atom. The number of pyridine rings is 1. The standard InChI is InChI=1S/C14H20F3N3/c1-9(7-13(2,3)4)20(5)11-8-19-12(6-10(11)18)14(15,16)17/h6,8H,1,7H2,2-5H3,(H2,18,19). The lowest BCUT2D eigenvalue weighted by Crippen LogP contribution is -2.22. The number of rotatable bonds is 3. The quantitative estimate of drug-likeness (QED) is 0.911. The van der Waals surface area contributed by atoms with E-state index in [1.807, 2.05) is 0 Å². The summed E-state index contributed by atoms with van der Waals surface area (Å²) >= 11 is 0. The summed E-state index contributed by atoms with van der Waals surface area (Å²) in [6.45, 7) is 10.1. The van der Waals surface area contributed by atoms with Crippen LogP contribution < -0.4 is 10.6 Å². The number of alkyl halides is 3. The zero-order valence-corrected chi connectivity index (χ0v) is 12.2. The van der Waals surface area contributed by atoms with Gasteiger partial charge in [-0.3, -0.25) is 0 Å². The highest BCUT2D eigenvalue weighted by molar-refractivity contribution is 5.68. The molecule has 0 saturated heterocycles. The summed E-state index contributed by atoms with van der Waals surface area (Å²) < 4.78 is 37.6. The molecule has 0 atom stereocenters. The minimum atomic E-state index is -4.49. The Morgan fingerprint density at radius 3 is 2.30 bits per heavy atom. The monoisotopic (exact) mass is 287 g/mol. The van der Waals surface area contributed by atoms with Gasteiger partial charge in [0.2, 0.25) is 0 Å². The summed E-state index contributed by atoms with van der Waals surface area (Å²) in [4.78, 5) is 5.10. The fourth-order valence-corrected chi connectivity index (χ4v) is 1.80. The number of hydrogen-bond donors (Lipinski definition) is 1. The van der Waals surface area contributed by atoms with Crippen molar-refractivity contribution < 1.29 is 13.2 Å². The van der Waals surface area contributed by atoms with Crippen molar-refractivity contribution in [2.75, 3.05) is 17.7 Å². The first-order valence-corrected chi connectivity index (χ1v) is 6.16. The summed E-state index contributed by atoms with van der Waals surface area (Å²) in [6.07, 6.45) is -2.66. The van der Waals surface area contributed by atoms with Crippen molar-refractivity contribution in [2.45, 2.75) is 33.4 Å². The highest BCUT2D eigenvalue weighted by Crippen LogP contribution is 2.34. The van der Waals surface area contributed by atoms with E-state index in [4.69, 9.17) is 5.73 Å². The van der Waals surface area contributed by atoms with Gasteiger partial charge in [-0.15, -0.1) is 0 Å². The normalized spacial score (nSPS) is 12.3. The Morgan fingerprint density at radius 1 is 1.35 bits per heavy atom. The lowest BCUT2D eigenvalue weighted by molar-refractivity contribution is -0.141. The maximum atomic E-state index is 12.5. The first-order valence-electron chi connectivity index (χ1n) is 6.16. The summed E-state index contributed by atoms with van der Waals surface area (Å²) in [6, 6.07) is 0.843. The molecule has 0 aromatic carbocycles. The molecule has 0 aliphatic carbocycles. The number of anilines is 2. The topological polar surface area (TPSA) is 42.2 Å². The van der Waals surface area contributed by atoms with E-state index in [9.17, 15) is 13.2 Å². The van der Waals surface area contributed by atoms with Crippen LogP contribution in [0.4, 0.5) is 24.5 Å². The number of allylic oxidation sites excluding steroid dienone is 1. The lowest BCUT2D eigenvalue weighted by atomic mass is 9.90. The van der Waals surface area contributed by atoms with E-state index in [1.54, 1.807) is 11.9 Å². The van der Waals surface area contributed by atoms with Gasteiger partial charge in [-0.05, 0) is 17.9 Å². The van der Waals surface area contributed by atoms with Crippen LogP contribution in [0.5, 0.6) is 0 Å². The van der Waals surface area contributed by atoms with Crippen LogP contribution >= 0.6 is 0 Å². The minimum absolute atomic E-state index is 0.0272. The number of halogens is 3.